The molecule has 1 N–H and O–H groups in total. The van der Waals surface area contributed by atoms with Crippen molar-refractivity contribution in [2.45, 2.75) is 8.82 Å². The zero-order valence-electron chi connectivity index (χ0n) is 10.8. The van der Waals surface area contributed by atoms with Crippen molar-refractivity contribution in [3.8, 4) is 0 Å². The molecule has 0 saturated carbocycles. The van der Waals surface area contributed by atoms with E-state index in [4.69, 9.17) is 39.5 Å². The van der Waals surface area contributed by atoms with E-state index in [0.29, 0.717) is 12.3 Å². The first-order valence-electron chi connectivity index (χ1n) is 5.98. The molecule has 0 aliphatic rings. The fourth-order valence-corrected chi connectivity index (χ4v) is 2.59. The molecule has 0 saturated heterocycles. The van der Waals surface area contributed by atoms with Gasteiger partial charge in [0.05, 0.1) is 5.03 Å². The zero-order valence-corrected chi connectivity index (χ0v) is 13.8. The van der Waals surface area contributed by atoms with E-state index < -0.39 is 9.89 Å². The Morgan fingerprint density at radius 1 is 1.43 bits per heavy atom. The number of hydrogen-bond acceptors (Lipinski definition) is 4. The summed E-state index contributed by atoms with van der Waals surface area (Å²) in [4.78, 5) is 15.5. The number of hydrogen-bond donors (Lipinski definition) is 1. The van der Waals surface area contributed by atoms with Crippen molar-refractivity contribution in [1.82, 2.24) is 14.7 Å². The van der Waals surface area contributed by atoms with Crippen LogP contribution in [-0.2, 0) is 4.74 Å². The van der Waals surface area contributed by atoms with Crippen LogP contribution in [0.3, 0.4) is 0 Å². The van der Waals surface area contributed by atoms with Crippen molar-refractivity contribution in [1.29, 1.82) is 0 Å². The topological polar surface area (TPSA) is 55.6 Å². The van der Waals surface area contributed by atoms with Gasteiger partial charge in [-0.3, -0.25) is 4.40 Å². The molecule has 5 nitrogen and oxygen atoms in total. The molecule has 0 bridgehead atoms. The number of imidazole rings is 1. The van der Waals surface area contributed by atoms with E-state index in [0.717, 1.165) is 10.7 Å². The maximum Gasteiger partial charge on any atom is 0.407 e. The molecule has 0 aliphatic carbocycles. The number of pyridine rings is 1. The number of aromatic nitrogens is 2. The van der Waals surface area contributed by atoms with Crippen molar-refractivity contribution in [3.05, 3.63) is 30.6 Å². The van der Waals surface area contributed by atoms with Crippen LogP contribution >= 0.6 is 46.6 Å². The highest BCUT2D eigenvalue weighted by molar-refractivity contribution is 7.99. The van der Waals surface area contributed by atoms with Gasteiger partial charge in [0.2, 0.25) is 3.79 Å². The minimum Gasteiger partial charge on any atom is -0.445 e. The van der Waals surface area contributed by atoms with Crippen LogP contribution in [0.15, 0.2) is 35.6 Å². The summed E-state index contributed by atoms with van der Waals surface area (Å²) < 4.78 is 5.13. The van der Waals surface area contributed by atoms with Gasteiger partial charge in [-0.1, -0.05) is 40.9 Å². The molecule has 2 aromatic heterocycles. The summed E-state index contributed by atoms with van der Waals surface area (Å²) in [5.74, 6) is 0.681. The molecule has 2 rings (SSSR count). The molecule has 0 unspecified atom stereocenters. The summed E-state index contributed by atoms with van der Waals surface area (Å²) in [5, 5.41) is 3.63. The smallest absolute Gasteiger partial charge is 0.407 e. The minimum atomic E-state index is -1.59. The lowest BCUT2D eigenvalue weighted by Gasteiger charge is -2.12. The SMILES string of the molecule is O=C(NCCSc1cccc2nccn12)OCC(Cl)(Cl)Cl. The van der Waals surface area contributed by atoms with Crippen molar-refractivity contribution < 1.29 is 9.53 Å². The van der Waals surface area contributed by atoms with E-state index in [2.05, 4.69) is 10.3 Å². The van der Waals surface area contributed by atoms with Gasteiger partial charge in [0, 0.05) is 24.7 Å². The Labute approximate surface area is 140 Å². The summed E-state index contributed by atoms with van der Waals surface area (Å²) >= 11 is 18.0. The number of nitrogens with one attached hydrogen (secondary N) is 1. The number of fused-ring (bicyclic) bond motifs is 1. The first-order chi connectivity index (χ1) is 9.96. The summed E-state index contributed by atoms with van der Waals surface area (Å²) in [6, 6.07) is 5.85. The Hall–Kier alpha value is -0.820. The lowest BCUT2D eigenvalue weighted by atomic mass is 10.5. The first kappa shape index (κ1) is 16.5. The van der Waals surface area contributed by atoms with Gasteiger partial charge in [-0.25, -0.2) is 9.78 Å². The number of alkyl carbamates (subject to hydrolysis) is 1. The van der Waals surface area contributed by atoms with Crippen LogP contribution in [0.4, 0.5) is 4.79 Å². The van der Waals surface area contributed by atoms with Crippen LogP contribution in [0.25, 0.3) is 5.65 Å². The highest BCUT2D eigenvalue weighted by atomic mass is 35.6. The predicted molar refractivity (Wildman–Crippen MR) is 85.6 cm³/mol. The lowest BCUT2D eigenvalue weighted by molar-refractivity contribution is 0.149. The number of rotatable bonds is 5. The van der Waals surface area contributed by atoms with Crippen molar-refractivity contribution >= 4 is 58.3 Å². The van der Waals surface area contributed by atoms with Crippen LogP contribution in [0, 0.1) is 0 Å². The van der Waals surface area contributed by atoms with Crippen LogP contribution in [0.2, 0.25) is 0 Å². The third-order valence-electron chi connectivity index (χ3n) is 2.38. The Bertz CT molecular complexity index is 615. The molecule has 114 valence electrons. The maximum atomic E-state index is 11.3. The lowest BCUT2D eigenvalue weighted by Crippen LogP contribution is -2.29. The number of carbonyl (C=O) groups excluding carboxylic acids is 1. The molecule has 0 spiro atoms. The Balaban J connectivity index is 1.72. The summed E-state index contributed by atoms with van der Waals surface area (Å²) in [6.45, 7) is 0.152. The van der Waals surface area contributed by atoms with E-state index in [1.54, 1.807) is 18.0 Å². The molecule has 2 aromatic rings. The van der Waals surface area contributed by atoms with Crippen molar-refractivity contribution in [2.24, 2.45) is 0 Å². The maximum absolute atomic E-state index is 11.3. The minimum absolute atomic E-state index is 0.287. The number of halogens is 3. The molecule has 9 heteroatoms. The van der Waals surface area contributed by atoms with Gasteiger partial charge in [0.15, 0.2) is 0 Å². The van der Waals surface area contributed by atoms with E-state index in [9.17, 15) is 4.79 Å². The predicted octanol–water partition coefficient (Wildman–Crippen LogP) is 3.52. The standard InChI is InChI=1S/C12H12Cl3N3O2S/c13-12(14,15)8-20-11(19)17-5-7-21-10-3-1-2-9-16-4-6-18(9)10/h1-4,6H,5,7-8H2,(H,17,19). The first-order valence-corrected chi connectivity index (χ1v) is 8.10. The van der Waals surface area contributed by atoms with Gasteiger partial charge in [-0.15, -0.1) is 11.8 Å². The van der Waals surface area contributed by atoms with E-state index in [-0.39, 0.29) is 6.61 Å². The van der Waals surface area contributed by atoms with E-state index >= 15 is 0 Å². The highest BCUT2D eigenvalue weighted by Crippen LogP contribution is 2.25. The largest absolute Gasteiger partial charge is 0.445 e. The quantitative estimate of drug-likeness (QED) is 0.498. The molecular formula is C12H12Cl3N3O2S. The monoisotopic (exact) mass is 367 g/mol. The molecule has 0 radical (unpaired) electrons. The van der Waals surface area contributed by atoms with Gasteiger partial charge in [-0.2, -0.15) is 0 Å². The van der Waals surface area contributed by atoms with Crippen LogP contribution in [0.1, 0.15) is 0 Å². The summed E-state index contributed by atoms with van der Waals surface area (Å²) in [6.07, 6.45) is 3.02. The van der Waals surface area contributed by atoms with Gasteiger partial charge in [-0.05, 0) is 12.1 Å². The molecule has 2 heterocycles. The fourth-order valence-electron chi connectivity index (χ4n) is 1.55. The normalized spacial score (nSPS) is 11.6. The van der Waals surface area contributed by atoms with Crippen LogP contribution in [-0.4, -0.2) is 38.2 Å². The third-order valence-corrected chi connectivity index (χ3v) is 3.74. The molecule has 1 amide bonds. The molecule has 0 aromatic carbocycles. The summed E-state index contributed by atoms with van der Waals surface area (Å²) in [5.41, 5.74) is 0.884. The van der Waals surface area contributed by atoms with E-state index in [1.165, 1.54) is 0 Å². The van der Waals surface area contributed by atoms with Gasteiger partial charge < -0.3 is 10.1 Å². The molecule has 21 heavy (non-hydrogen) atoms. The number of ether oxygens (including phenoxy) is 1. The van der Waals surface area contributed by atoms with Gasteiger partial charge in [0.25, 0.3) is 0 Å². The number of alkyl halides is 3. The van der Waals surface area contributed by atoms with Crippen LogP contribution < -0.4 is 5.32 Å². The number of amides is 1. The number of thioether (sulfide) groups is 1. The Kier molecular flexibility index (Phi) is 5.87. The number of nitrogens with zero attached hydrogens (tertiary/aromatic N) is 2. The molecule has 0 fully saturated rings. The zero-order chi connectivity index (χ0) is 15.3. The molecule has 0 atom stereocenters. The Morgan fingerprint density at radius 2 is 2.24 bits per heavy atom. The number of carbonyl (C=O) groups is 1. The average Bonchev–Trinajstić information content (AvgIpc) is 2.89. The molecular weight excluding hydrogens is 357 g/mol. The van der Waals surface area contributed by atoms with Crippen LogP contribution in [0.5, 0.6) is 0 Å². The highest BCUT2D eigenvalue weighted by Gasteiger charge is 2.21. The average molecular weight is 369 g/mol. The van der Waals surface area contributed by atoms with E-state index in [1.807, 2.05) is 28.8 Å². The fraction of sp³-hybridized carbons (Fsp3) is 0.333. The molecule has 0 aliphatic heterocycles. The third kappa shape index (κ3) is 5.47. The second-order valence-electron chi connectivity index (χ2n) is 3.99. The van der Waals surface area contributed by atoms with Gasteiger partial charge >= 0.3 is 6.09 Å². The Morgan fingerprint density at radius 3 is 3.00 bits per heavy atom. The van der Waals surface area contributed by atoms with Gasteiger partial charge in [0.1, 0.15) is 12.3 Å². The second-order valence-corrected chi connectivity index (χ2v) is 7.62. The van der Waals surface area contributed by atoms with Crippen molar-refractivity contribution in [3.63, 3.8) is 0 Å². The summed E-state index contributed by atoms with van der Waals surface area (Å²) in [7, 11) is 0. The van der Waals surface area contributed by atoms with Crippen molar-refractivity contribution in [2.75, 3.05) is 18.9 Å². The second kappa shape index (κ2) is 7.45.